The zero-order valence-electron chi connectivity index (χ0n) is 8.73. The molecule has 2 nitrogen and oxygen atoms in total. The van der Waals surface area contributed by atoms with E-state index in [4.69, 9.17) is 4.74 Å². The van der Waals surface area contributed by atoms with Crippen LogP contribution in [0.4, 0.5) is 0 Å². The molecule has 0 amide bonds. The average Bonchev–Trinajstić information content (AvgIpc) is 2.10. The van der Waals surface area contributed by atoms with Crippen LogP contribution in [0.5, 0.6) is 0 Å². The highest BCUT2D eigenvalue weighted by molar-refractivity contribution is 4.63. The first-order valence-electron chi connectivity index (χ1n) is 5.07. The zero-order valence-corrected chi connectivity index (χ0v) is 8.73. The van der Waals surface area contributed by atoms with Crippen LogP contribution in [0.3, 0.4) is 0 Å². The Morgan fingerprint density at radius 3 is 2.50 bits per heavy atom. The third-order valence-corrected chi connectivity index (χ3v) is 2.14. The molecule has 0 saturated heterocycles. The first-order valence-corrected chi connectivity index (χ1v) is 5.07. The minimum atomic E-state index is 0.715. The molecule has 0 aromatic carbocycles. The molecule has 0 aliphatic heterocycles. The standard InChI is InChI=1S/C10H23NO/c1-4-10(11-5-2)8-6-7-9-12-3/h10-11H,4-9H2,1-3H3. The van der Waals surface area contributed by atoms with Gasteiger partial charge in [-0.25, -0.2) is 0 Å². The van der Waals surface area contributed by atoms with E-state index < -0.39 is 0 Å². The van der Waals surface area contributed by atoms with Crippen LogP contribution >= 0.6 is 0 Å². The molecule has 0 aliphatic rings. The molecule has 1 unspecified atom stereocenters. The number of hydrogen-bond donors (Lipinski definition) is 1. The van der Waals surface area contributed by atoms with Crippen molar-refractivity contribution >= 4 is 0 Å². The van der Waals surface area contributed by atoms with Crippen LogP contribution in [0.2, 0.25) is 0 Å². The fourth-order valence-corrected chi connectivity index (χ4v) is 1.38. The molecule has 0 spiro atoms. The highest BCUT2D eigenvalue weighted by Crippen LogP contribution is 2.03. The predicted molar refractivity (Wildman–Crippen MR) is 53.5 cm³/mol. The summed E-state index contributed by atoms with van der Waals surface area (Å²) in [5, 5.41) is 3.47. The molecule has 0 rings (SSSR count). The van der Waals surface area contributed by atoms with E-state index in [1.54, 1.807) is 7.11 Å². The molecule has 0 aromatic rings. The number of rotatable bonds is 8. The number of ether oxygens (including phenoxy) is 1. The van der Waals surface area contributed by atoms with Crippen LogP contribution in [0.1, 0.15) is 39.5 Å². The largest absolute Gasteiger partial charge is 0.385 e. The van der Waals surface area contributed by atoms with Crippen molar-refractivity contribution in [2.24, 2.45) is 0 Å². The summed E-state index contributed by atoms with van der Waals surface area (Å²) in [6.07, 6.45) is 4.99. The molecular weight excluding hydrogens is 150 g/mol. The van der Waals surface area contributed by atoms with E-state index in [2.05, 4.69) is 19.2 Å². The maximum absolute atomic E-state index is 5.00. The van der Waals surface area contributed by atoms with Crippen LogP contribution < -0.4 is 5.32 Å². The minimum absolute atomic E-state index is 0.715. The zero-order chi connectivity index (χ0) is 9.23. The van der Waals surface area contributed by atoms with Gasteiger partial charge < -0.3 is 10.1 Å². The SMILES string of the molecule is CCNC(CC)CCCCOC. The van der Waals surface area contributed by atoms with Gasteiger partial charge in [-0.3, -0.25) is 0 Å². The van der Waals surface area contributed by atoms with Crippen molar-refractivity contribution < 1.29 is 4.74 Å². The predicted octanol–water partition coefficient (Wildman–Crippen LogP) is 2.19. The van der Waals surface area contributed by atoms with Crippen molar-refractivity contribution in [1.82, 2.24) is 5.32 Å². The first-order chi connectivity index (χ1) is 5.85. The Hall–Kier alpha value is -0.0800. The van der Waals surface area contributed by atoms with Gasteiger partial charge in [-0.15, -0.1) is 0 Å². The van der Waals surface area contributed by atoms with Crippen molar-refractivity contribution in [3.8, 4) is 0 Å². The van der Waals surface area contributed by atoms with Crippen molar-refractivity contribution in [3.63, 3.8) is 0 Å². The number of methoxy groups -OCH3 is 1. The Balaban J connectivity index is 3.19. The fraction of sp³-hybridized carbons (Fsp3) is 1.00. The molecule has 2 heteroatoms. The lowest BCUT2D eigenvalue weighted by Crippen LogP contribution is -2.27. The van der Waals surface area contributed by atoms with Gasteiger partial charge in [0.05, 0.1) is 0 Å². The fourth-order valence-electron chi connectivity index (χ4n) is 1.38. The molecule has 0 radical (unpaired) electrons. The Bertz CT molecular complexity index is 85.9. The van der Waals surface area contributed by atoms with Crippen LogP contribution in [0.25, 0.3) is 0 Å². The quantitative estimate of drug-likeness (QED) is 0.568. The van der Waals surface area contributed by atoms with Crippen LogP contribution in [0.15, 0.2) is 0 Å². The Morgan fingerprint density at radius 1 is 1.25 bits per heavy atom. The number of nitrogens with one attached hydrogen (secondary N) is 1. The molecule has 1 atom stereocenters. The van der Waals surface area contributed by atoms with Gasteiger partial charge >= 0.3 is 0 Å². The summed E-state index contributed by atoms with van der Waals surface area (Å²) in [6.45, 7) is 6.40. The summed E-state index contributed by atoms with van der Waals surface area (Å²) < 4.78 is 5.00. The number of unbranched alkanes of at least 4 members (excludes halogenated alkanes) is 1. The molecule has 0 aliphatic carbocycles. The van der Waals surface area contributed by atoms with E-state index in [9.17, 15) is 0 Å². The van der Waals surface area contributed by atoms with Gasteiger partial charge in [0, 0.05) is 19.8 Å². The smallest absolute Gasteiger partial charge is 0.0462 e. The Labute approximate surface area is 76.7 Å². The van der Waals surface area contributed by atoms with E-state index >= 15 is 0 Å². The first kappa shape index (κ1) is 11.9. The molecule has 74 valence electrons. The molecule has 0 heterocycles. The number of hydrogen-bond acceptors (Lipinski definition) is 2. The summed E-state index contributed by atoms with van der Waals surface area (Å²) >= 11 is 0. The minimum Gasteiger partial charge on any atom is -0.385 e. The lowest BCUT2D eigenvalue weighted by molar-refractivity contribution is 0.190. The van der Waals surface area contributed by atoms with E-state index in [1.807, 2.05) is 0 Å². The second-order valence-corrected chi connectivity index (χ2v) is 3.15. The highest BCUT2D eigenvalue weighted by atomic mass is 16.5. The third kappa shape index (κ3) is 6.62. The van der Waals surface area contributed by atoms with Gasteiger partial charge in [0.1, 0.15) is 0 Å². The molecular formula is C10H23NO. The summed E-state index contributed by atoms with van der Waals surface area (Å²) in [7, 11) is 1.77. The van der Waals surface area contributed by atoms with E-state index in [0.29, 0.717) is 6.04 Å². The van der Waals surface area contributed by atoms with Crippen molar-refractivity contribution in [2.45, 2.75) is 45.6 Å². The van der Waals surface area contributed by atoms with E-state index in [1.165, 1.54) is 25.7 Å². The average molecular weight is 173 g/mol. The molecule has 0 aromatic heterocycles. The Kier molecular flexibility index (Phi) is 8.95. The summed E-state index contributed by atoms with van der Waals surface area (Å²) in [4.78, 5) is 0. The normalized spacial score (nSPS) is 13.2. The third-order valence-electron chi connectivity index (χ3n) is 2.14. The van der Waals surface area contributed by atoms with Crippen LogP contribution in [-0.4, -0.2) is 26.3 Å². The molecule has 0 fully saturated rings. The maximum atomic E-state index is 5.00. The summed E-state index contributed by atoms with van der Waals surface area (Å²) in [6, 6.07) is 0.715. The second kappa shape index (κ2) is 9.01. The van der Waals surface area contributed by atoms with Crippen LogP contribution in [-0.2, 0) is 4.74 Å². The Morgan fingerprint density at radius 2 is 2.00 bits per heavy atom. The summed E-state index contributed by atoms with van der Waals surface area (Å²) in [5.41, 5.74) is 0. The van der Waals surface area contributed by atoms with Crippen molar-refractivity contribution in [2.75, 3.05) is 20.3 Å². The van der Waals surface area contributed by atoms with Crippen molar-refractivity contribution in [1.29, 1.82) is 0 Å². The van der Waals surface area contributed by atoms with Gasteiger partial charge in [0.2, 0.25) is 0 Å². The highest BCUT2D eigenvalue weighted by Gasteiger charge is 2.02. The van der Waals surface area contributed by atoms with E-state index in [0.717, 1.165) is 13.2 Å². The van der Waals surface area contributed by atoms with Gasteiger partial charge in [0.25, 0.3) is 0 Å². The summed E-state index contributed by atoms with van der Waals surface area (Å²) in [5.74, 6) is 0. The lowest BCUT2D eigenvalue weighted by atomic mass is 10.1. The molecule has 0 bridgehead atoms. The molecule has 1 N–H and O–H groups in total. The van der Waals surface area contributed by atoms with E-state index in [-0.39, 0.29) is 0 Å². The lowest BCUT2D eigenvalue weighted by Gasteiger charge is -2.14. The topological polar surface area (TPSA) is 21.3 Å². The van der Waals surface area contributed by atoms with Gasteiger partial charge in [-0.05, 0) is 32.2 Å². The van der Waals surface area contributed by atoms with Gasteiger partial charge in [-0.1, -0.05) is 13.8 Å². The maximum Gasteiger partial charge on any atom is 0.0462 e. The van der Waals surface area contributed by atoms with Gasteiger partial charge in [-0.2, -0.15) is 0 Å². The molecule has 12 heavy (non-hydrogen) atoms. The second-order valence-electron chi connectivity index (χ2n) is 3.15. The van der Waals surface area contributed by atoms with Gasteiger partial charge in [0.15, 0.2) is 0 Å². The van der Waals surface area contributed by atoms with Crippen molar-refractivity contribution in [3.05, 3.63) is 0 Å². The molecule has 0 saturated carbocycles. The van der Waals surface area contributed by atoms with Crippen LogP contribution in [0, 0.1) is 0 Å². The monoisotopic (exact) mass is 173 g/mol.